The lowest BCUT2D eigenvalue weighted by molar-refractivity contribution is 0.0950. The molecule has 1 amide bonds. The van der Waals surface area contributed by atoms with Crippen LogP contribution in [0.1, 0.15) is 46.4 Å². The fourth-order valence-electron chi connectivity index (χ4n) is 2.84. The van der Waals surface area contributed by atoms with Gasteiger partial charge in [0.1, 0.15) is 0 Å². The highest BCUT2D eigenvalue weighted by Gasteiger charge is 2.09. The molecule has 0 unspecified atom stereocenters. The van der Waals surface area contributed by atoms with Crippen molar-refractivity contribution in [1.29, 1.82) is 0 Å². The molecule has 0 aliphatic rings. The summed E-state index contributed by atoms with van der Waals surface area (Å²) in [4.78, 5) is 24.8. The number of carbonyl (C=O) groups is 1. The van der Waals surface area contributed by atoms with Crippen LogP contribution in [0.15, 0.2) is 59.1 Å². The van der Waals surface area contributed by atoms with Crippen LogP contribution in [0, 0.1) is 0 Å². The van der Waals surface area contributed by atoms with Gasteiger partial charge in [-0.3, -0.25) is 4.79 Å². The van der Waals surface area contributed by atoms with Crippen molar-refractivity contribution in [2.75, 3.05) is 0 Å². The highest BCUT2D eigenvalue weighted by molar-refractivity contribution is 7.98. The van der Waals surface area contributed by atoms with E-state index in [-0.39, 0.29) is 5.91 Å². The molecule has 2 N–H and O–H groups in total. The summed E-state index contributed by atoms with van der Waals surface area (Å²) < 4.78 is 0. The van der Waals surface area contributed by atoms with Crippen LogP contribution < -0.4 is 5.32 Å². The number of rotatable bonds is 7. The molecular formula is C22H22N4OS2. The molecule has 29 heavy (non-hydrogen) atoms. The van der Waals surface area contributed by atoms with Crippen molar-refractivity contribution in [3.8, 4) is 0 Å². The van der Waals surface area contributed by atoms with Gasteiger partial charge in [0, 0.05) is 22.6 Å². The van der Waals surface area contributed by atoms with Gasteiger partial charge in [-0.25, -0.2) is 9.97 Å². The number of para-hydroxylation sites is 2. The van der Waals surface area contributed by atoms with E-state index in [0.29, 0.717) is 18.0 Å². The van der Waals surface area contributed by atoms with Gasteiger partial charge in [-0.2, -0.15) is 0 Å². The summed E-state index contributed by atoms with van der Waals surface area (Å²) in [5, 5.41) is 6.95. The van der Waals surface area contributed by atoms with Gasteiger partial charge in [0.25, 0.3) is 5.91 Å². The Hall–Kier alpha value is -2.64. The van der Waals surface area contributed by atoms with E-state index >= 15 is 0 Å². The second-order valence-electron chi connectivity index (χ2n) is 7.06. The summed E-state index contributed by atoms with van der Waals surface area (Å²) in [6, 6.07) is 15.7. The highest BCUT2D eigenvalue weighted by atomic mass is 32.2. The lowest BCUT2D eigenvalue weighted by Gasteiger charge is -2.05. The minimum absolute atomic E-state index is 0.0828. The van der Waals surface area contributed by atoms with Gasteiger partial charge >= 0.3 is 0 Å². The SMILES string of the molecule is CC(C)c1nc(CNC(=O)c2ccc(CSc3nc4ccccc4[nH]3)cc2)cs1. The first-order valence-corrected chi connectivity index (χ1v) is 11.3. The van der Waals surface area contributed by atoms with Crippen LogP contribution in [0.2, 0.25) is 0 Å². The number of fused-ring (bicyclic) bond motifs is 1. The zero-order chi connectivity index (χ0) is 20.2. The van der Waals surface area contributed by atoms with Crippen molar-refractivity contribution in [2.24, 2.45) is 0 Å². The van der Waals surface area contributed by atoms with Crippen molar-refractivity contribution in [3.63, 3.8) is 0 Å². The maximum Gasteiger partial charge on any atom is 0.251 e. The number of thioether (sulfide) groups is 1. The van der Waals surface area contributed by atoms with Gasteiger partial charge in [-0.05, 0) is 29.8 Å². The maximum atomic E-state index is 12.4. The average molecular weight is 423 g/mol. The number of hydrogen-bond donors (Lipinski definition) is 2. The lowest BCUT2D eigenvalue weighted by atomic mass is 10.1. The molecule has 0 fully saturated rings. The van der Waals surface area contributed by atoms with Crippen molar-refractivity contribution >= 4 is 40.0 Å². The minimum atomic E-state index is -0.0828. The number of imidazole rings is 1. The molecule has 2 heterocycles. The zero-order valence-corrected chi connectivity index (χ0v) is 17.9. The van der Waals surface area contributed by atoms with Gasteiger partial charge in [-0.15, -0.1) is 11.3 Å². The monoisotopic (exact) mass is 422 g/mol. The van der Waals surface area contributed by atoms with Gasteiger partial charge in [-0.1, -0.05) is 49.9 Å². The Morgan fingerprint density at radius 2 is 1.93 bits per heavy atom. The fourth-order valence-corrected chi connectivity index (χ4v) is 4.52. The Morgan fingerprint density at radius 1 is 1.14 bits per heavy atom. The molecule has 4 aromatic rings. The number of benzene rings is 2. The normalized spacial score (nSPS) is 11.3. The molecule has 7 heteroatoms. The van der Waals surface area contributed by atoms with Crippen LogP contribution >= 0.6 is 23.1 Å². The van der Waals surface area contributed by atoms with Gasteiger partial charge in [0.15, 0.2) is 5.16 Å². The molecule has 4 rings (SSSR count). The topological polar surface area (TPSA) is 70.7 Å². The van der Waals surface area contributed by atoms with E-state index in [9.17, 15) is 4.79 Å². The Balaban J connectivity index is 1.31. The number of aromatic nitrogens is 3. The third-order valence-electron chi connectivity index (χ3n) is 4.45. The molecule has 0 aliphatic carbocycles. The predicted octanol–water partition coefficient (Wildman–Crippen LogP) is 5.37. The zero-order valence-electron chi connectivity index (χ0n) is 16.3. The third kappa shape index (κ3) is 4.86. The van der Waals surface area contributed by atoms with E-state index in [0.717, 1.165) is 38.2 Å². The molecule has 0 spiro atoms. The molecule has 0 atom stereocenters. The Kier molecular flexibility index (Phi) is 5.97. The average Bonchev–Trinajstić information content (AvgIpc) is 3.37. The second kappa shape index (κ2) is 8.80. The summed E-state index contributed by atoms with van der Waals surface area (Å²) in [7, 11) is 0. The quantitative estimate of drug-likeness (QED) is 0.393. The Labute approximate surface area is 178 Å². The molecule has 0 bridgehead atoms. The summed E-state index contributed by atoms with van der Waals surface area (Å²) in [6.45, 7) is 4.69. The van der Waals surface area contributed by atoms with Crippen LogP contribution in [0.5, 0.6) is 0 Å². The van der Waals surface area contributed by atoms with E-state index in [2.05, 4.69) is 34.1 Å². The van der Waals surface area contributed by atoms with E-state index in [4.69, 9.17) is 0 Å². The first kappa shape index (κ1) is 19.7. The molecule has 0 saturated heterocycles. The van der Waals surface area contributed by atoms with Gasteiger partial charge < -0.3 is 10.3 Å². The Morgan fingerprint density at radius 3 is 2.66 bits per heavy atom. The number of H-pyrrole nitrogens is 1. The first-order chi connectivity index (χ1) is 14.1. The van der Waals surface area contributed by atoms with Crippen LogP contribution in [0.4, 0.5) is 0 Å². The summed E-state index contributed by atoms with van der Waals surface area (Å²) in [5.74, 6) is 1.12. The number of amides is 1. The molecular weight excluding hydrogens is 400 g/mol. The number of aromatic amines is 1. The van der Waals surface area contributed by atoms with Crippen LogP contribution in [0.3, 0.4) is 0 Å². The molecule has 148 valence electrons. The summed E-state index contributed by atoms with van der Waals surface area (Å²) in [5.41, 5.74) is 4.73. The molecule has 0 aliphatic heterocycles. The lowest BCUT2D eigenvalue weighted by Crippen LogP contribution is -2.22. The molecule has 0 radical (unpaired) electrons. The standard InChI is InChI=1S/C22H22N4OS2/c1-14(2)21-24-17(13-28-21)11-23-20(27)16-9-7-15(8-10-16)12-29-22-25-18-5-3-4-6-19(18)26-22/h3-10,13-14H,11-12H2,1-2H3,(H,23,27)(H,25,26). The third-order valence-corrected chi connectivity index (χ3v) is 6.59. The van der Waals surface area contributed by atoms with Crippen molar-refractivity contribution in [3.05, 3.63) is 75.7 Å². The molecule has 2 aromatic carbocycles. The smallest absolute Gasteiger partial charge is 0.251 e. The predicted molar refractivity (Wildman–Crippen MR) is 119 cm³/mol. The van der Waals surface area contributed by atoms with Crippen LogP contribution in [-0.4, -0.2) is 20.9 Å². The molecule has 5 nitrogen and oxygen atoms in total. The second-order valence-corrected chi connectivity index (χ2v) is 8.91. The molecule has 0 saturated carbocycles. The number of thiazole rings is 1. The first-order valence-electron chi connectivity index (χ1n) is 9.47. The number of hydrogen-bond acceptors (Lipinski definition) is 5. The van der Waals surface area contributed by atoms with E-state index < -0.39 is 0 Å². The van der Waals surface area contributed by atoms with Crippen molar-refractivity contribution in [1.82, 2.24) is 20.3 Å². The van der Waals surface area contributed by atoms with Gasteiger partial charge in [0.2, 0.25) is 0 Å². The molecule has 2 aromatic heterocycles. The number of nitrogens with zero attached hydrogens (tertiary/aromatic N) is 2. The van der Waals surface area contributed by atoms with Gasteiger partial charge in [0.05, 0.1) is 28.3 Å². The van der Waals surface area contributed by atoms with Crippen LogP contribution in [-0.2, 0) is 12.3 Å². The van der Waals surface area contributed by atoms with E-state index in [1.165, 1.54) is 0 Å². The summed E-state index contributed by atoms with van der Waals surface area (Å²) in [6.07, 6.45) is 0. The Bertz CT molecular complexity index is 1080. The number of nitrogens with one attached hydrogen (secondary N) is 2. The van der Waals surface area contributed by atoms with Crippen LogP contribution in [0.25, 0.3) is 11.0 Å². The van der Waals surface area contributed by atoms with Crippen molar-refractivity contribution in [2.45, 2.75) is 37.2 Å². The highest BCUT2D eigenvalue weighted by Crippen LogP contribution is 2.23. The van der Waals surface area contributed by atoms with E-state index in [1.54, 1.807) is 23.1 Å². The minimum Gasteiger partial charge on any atom is -0.346 e. The van der Waals surface area contributed by atoms with E-state index in [1.807, 2.05) is 53.9 Å². The fraction of sp³-hybridized carbons (Fsp3) is 0.227. The maximum absolute atomic E-state index is 12.4. The summed E-state index contributed by atoms with van der Waals surface area (Å²) >= 11 is 3.29. The van der Waals surface area contributed by atoms with Crippen molar-refractivity contribution < 1.29 is 4.79 Å². The number of carbonyl (C=O) groups excluding carboxylic acids is 1. The largest absolute Gasteiger partial charge is 0.346 e.